The first-order chi connectivity index (χ1) is 30.6. The van der Waals surface area contributed by atoms with Gasteiger partial charge >= 0.3 is 0 Å². The van der Waals surface area contributed by atoms with Gasteiger partial charge in [-0.15, -0.1) is 23.5 Å². The number of hydrogen-bond acceptors (Lipinski definition) is 6. The molecular formula is C54H46N4O2S2. The molecule has 0 aliphatic carbocycles. The van der Waals surface area contributed by atoms with Crippen LogP contribution in [0.1, 0.15) is 11.1 Å². The molecule has 0 bridgehead atoms. The van der Waals surface area contributed by atoms with Crippen molar-refractivity contribution in [3.05, 3.63) is 168 Å². The van der Waals surface area contributed by atoms with E-state index in [1.54, 1.807) is 23.5 Å². The van der Waals surface area contributed by atoms with Crippen molar-refractivity contribution in [2.45, 2.75) is 9.79 Å². The Morgan fingerprint density at radius 3 is 1.37 bits per heavy atom. The minimum absolute atomic E-state index is 0.566. The maximum absolute atomic E-state index is 5.96. The van der Waals surface area contributed by atoms with E-state index in [-0.39, 0.29) is 0 Å². The Kier molecular flexibility index (Phi) is 11.6. The van der Waals surface area contributed by atoms with E-state index in [2.05, 4.69) is 181 Å². The van der Waals surface area contributed by atoms with Crippen LogP contribution in [0.25, 0.3) is 89.5 Å². The van der Waals surface area contributed by atoms with Gasteiger partial charge in [0.1, 0.15) is 0 Å². The standard InChI is InChI=1S/C54H46N4O2S2/c1-57-45(43-19-3-13-39-15-7-23-47(57)51(39)43)21-5-11-37-27-29-55-53-41(37)17-9-25-49(53)61-35-33-59-31-32-60-34-36-62-50-26-10-18-42-38(28-30-56-54(42)50)12-6-22-46-44-20-4-14-40-16-8-24-48(52(40)44)58(46)2/h3-30H,31-36H2,1-2H3/b11-5+,12-6+,45-21-,46-22-. The summed E-state index contributed by atoms with van der Waals surface area (Å²) < 4.78 is 16.5. The lowest BCUT2D eigenvalue weighted by molar-refractivity contribution is 0.0605. The van der Waals surface area contributed by atoms with Gasteiger partial charge in [-0.25, -0.2) is 0 Å². The zero-order valence-corrected chi connectivity index (χ0v) is 36.5. The monoisotopic (exact) mass is 846 g/mol. The van der Waals surface area contributed by atoms with Gasteiger partial charge in [0.15, 0.2) is 0 Å². The first kappa shape index (κ1) is 39.9. The number of ether oxygens (including phenoxy) is 2. The van der Waals surface area contributed by atoms with E-state index in [1.807, 2.05) is 12.4 Å². The minimum atomic E-state index is 0.566. The molecule has 6 nitrogen and oxygen atoms in total. The number of fused-ring (bicyclic) bond motifs is 2. The van der Waals surface area contributed by atoms with Gasteiger partial charge in [-0.3, -0.25) is 9.97 Å². The Labute approximate surface area is 369 Å². The molecule has 0 fully saturated rings. The molecule has 0 saturated carbocycles. The first-order valence-electron chi connectivity index (χ1n) is 21.1. The van der Waals surface area contributed by atoms with Crippen LogP contribution >= 0.6 is 23.5 Å². The zero-order chi connectivity index (χ0) is 41.8. The Balaban J connectivity index is 0.696. The second-order valence-electron chi connectivity index (χ2n) is 15.3. The third kappa shape index (κ3) is 7.80. The Morgan fingerprint density at radius 1 is 0.484 bits per heavy atom. The fourth-order valence-corrected chi connectivity index (χ4v) is 10.5. The van der Waals surface area contributed by atoms with Crippen LogP contribution in [0, 0.1) is 0 Å². The first-order valence-corrected chi connectivity index (χ1v) is 23.1. The summed E-state index contributed by atoms with van der Waals surface area (Å²) in [5.74, 6) is 1.68. The normalized spacial score (nSPS) is 13.1. The van der Waals surface area contributed by atoms with Gasteiger partial charge in [-0.2, -0.15) is 0 Å². The number of thioether (sulfide) groups is 2. The van der Waals surface area contributed by atoms with Crippen molar-refractivity contribution in [1.82, 2.24) is 19.1 Å². The molecular weight excluding hydrogens is 801 g/mol. The SMILES string of the molecule is Cn1/c(=C\C=C\c2ccnc3c(SCCOCCOCCSc4cccc5c(/C=C/C=c6/c7cccc8cccc(c87)n6C)ccnc45)cccc23)c2cccc3cccc1c32. The average Bonchev–Trinajstić information content (AvgIpc) is 3.74. The summed E-state index contributed by atoms with van der Waals surface area (Å²) in [4.78, 5) is 11.9. The molecule has 0 amide bonds. The highest BCUT2D eigenvalue weighted by molar-refractivity contribution is 7.99. The largest absolute Gasteiger partial charge is 0.378 e. The van der Waals surface area contributed by atoms with Gasteiger partial charge in [0, 0.05) is 102 Å². The van der Waals surface area contributed by atoms with Crippen molar-refractivity contribution in [3.8, 4) is 0 Å². The van der Waals surface area contributed by atoms with Crippen molar-refractivity contribution in [2.24, 2.45) is 14.1 Å². The van der Waals surface area contributed by atoms with Crippen LogP contribution in [0.5, 0.6) is 0 Å². The van der Waals surface area contributed by atoms with Crippen LogP contribution in [0.2, 0.25) is 0 Å². The van der Waals surface area contributed by atoms with Crippen LogP contribution in [0.3, 0.4) is 0 Å². The fraction of sp³-hybridized carbons (Fsp3) is 0.148. The summed E-state index contributed by atoms with van der Waals surface area (Å²) in [7, 11) is 4.29. The molecule has 6 aromatic carbocycles. The summed E-state index contributed by atoms with van der Waals surface area (Å²) >= 11 is 3.56. The number of aromatic nitrogens is 4. The maximum Gasteiger partial charge on any atom is 0.0843 e. The third-order valence-corrected chi connectivity index (χ3v) is 13.7. The number of nitrogens with zero attached hydrogens (tertiary/aromatic N) is 4. The van der Waals surface area contributed by atoms with E-state index < -0.39 is 0 Å². The number of rotatable bonds is 15. The second kappa shape index (κ2) is 18.1. The molecule has 0 radical (unpaired) electrons. The molecule has 306 valence electrons. The smallest absolute Gasteiger partial charge is 0.0843 e. The van der Waals surface area contributed by atoms with Gasteiger partial charge in [-0.05, 0) is 70.4 Å². The second-order valence-corrected chi connectivity index (χ2v) is 17.6. The number of pyridine rings is 2. The van der Waals surface area contributed by atoms with Gasteiger partial charge in [0.25, 0.3) is 0 Å². The van der Waals surface area contributed by atoms with Crippen molar-refractivity contribution < 1.29 is 9.47 Å². The molecule has 0 saturated heterocycles. The van der Waals surface area contributed by atoms with Gasteiger partial charge < -0.3 is 18.6 Å². The van der Waals surface area contributed by atoms with Crippen molar-refractivity contribution >= 4 is 113 Å². The number of aryl methyl sites for hydroxylation is 2. The Morgan fingerprint density at radius 2 is 0.903 bits per heavy atom. The highest BCUT2D eigenvalue weighted by Crippen LogP contribution is 2.31. The Bertz CT molecular complexity index is 3180. The number of para-hydroxylation sites is 2. The molecule has 0 spiro atoms. The number of allylic oxidation sites excluding steroid dienone is 2. The van der Waals surface area contributed by atoms with Crippen LogP contribution in [-0.2, 0) is 23.6 Å². The molecule has 10 aromatic rings. The van der Waals surface area contributed by atoms with Crippen molar-refractivity contribution in [1.29, 1.82) is 0 Å². The minimum Gasteiger partial charge on any atom is -0.378 e. The molecule has 0 aliphatic rings. The molecule has 0 N–H and O–H groups in total. The molecule has 62 heavy (non-hydrogen) atoms. The van der Waals surface area contributed by atoms with Gasteiger partial charge in [-0.1, -0.05) is 109 Å². The van der Waals surface area contributed by atoms with Crippen LogP contribution in [0.15, 0.2) is 156 Å². The topological polar surface area (TPSA) is 54.1 Å². The third-order valence-electron chi connectivity index (χ3n) is 11.7. The summed E-state index contributed by atoms with van der Waals surface area (Å²) in [6, 6.07) is 43.1. The number of hydrogen-bond donors (Lipinski definition) is 0. The van der Waals surface area contributed by atoms with Gasteiger partial charge in [0.05, 0.1) is 37.5 Å². The fourth-order valence-electron chi connectivity index (χ4n) is 8.75. The predicted molar refractivity (Wildman–Crippen MR) is 265 cm³/mol. The molecule has 0 unspecified atom stereocenters. The Hall–Kier alpha value is -6.16. The molecule has 10 rings (SSSR count). The van der Waals surface area contributed by atoms with Crippen LogP contribution in [0.4, 0.5) is 0 Å². The summed E-state index contributed by atoms with van der Waals surface area (Å²) in [6.45, 7) is 2.42. The van der Waals surface area contributed by atoms with Crippen LogP contribution in [-0.4, -0.2) is 57.0 Å². The quantitative estimate of drug-likeness (QED) is 0.0757. The lowest BCUT2D eigenvalue weighted by Gasteiger charge is -2.09. The maximum atomic E-state index is 5.96. The highest BCUT2D eigenvalue weighted by atomic mass is 32.2. The van der Waals surface area contributed by atoms with Crippen molar-refractivity contribution in [2.75, 3.05) is 37.9 Å². The lowest BCUT2D eigenvalue weighted by atomic mass is 10.1. The highest BCUT2D eigenvalue weighted by Gasteiger charge is 2.11. The van der Waals surface area contributed by atoms with E-state index in [4.69, 9.17) is 19.4 Å². The zero-order valence-electron chi connectivity index (χ0n) is 34.8. The molecule has 0 aliphatic heterocycles. The summed E-state index contributed by atoms with van der Waals surface area (Å²) in [5, 5.41) is 12.4. The van der Waals surface area contributed by atoms with E-state index >= 15 is 0 Å². The average molecular weight is 847 g/mol. The van der Waals surface area contributed by atoms with E-state index in [9.17, 15) is 0 Å². The molecule has 4 aromatic heterocycles. The molecule has 0 atom stereocenters. The predicted octanol–water partition coefficient (Wildman–Crippen LogP) is 11.4. The van der Waals surface area contributed by atoms with Crippen LogP contribution < -0.4 is 10.7 Å². The summed E-state index contributed by atoms with van der Waals surface area (Å²) in [5.41, 5.74) is 6.84. The van der Waals surface area contributed by atoms with E-state index in [0.717, 1.165) is 54.2 Å². The molecule has 8 heteroatoms. The number of benzene rings is 6. The molecule has 4 heterocycles. The lowest BCUT2D eigenvalue weighted by Crippen LogP contribution is -2.11. The van der Waals surface area contributed by atoms with Gasteiger partial charge in [0.2, 0.25) is 0 Å². The summed E-state index contributed by atoms with van der Waals surface area (Å²) in [6.07, 6.45) is 16.9. The van der Waals surface area contributed by atoms with E-state index in [1.165, 1.54) is 54.0 Å². The van der Waals surface area contributed by atoms with Crippen molar-refractivity contribution in [3.63, 3.8) is 0 Å². The van der Waals surface area contributed by atoms with E-state index in [0.29, 0.717) is 26.4 Å².